The Bertz CT molecular complexity index is 656. The Morgan fingerprint density at radius 2 is 1.10 bits per heavy atom. The van der Waals surface area contributed by atoms with Gasteiger partial charge in [0.25, 0.3) is 0 Å². The number of benzene rings is 2. The van der Waals surface area contributed by atoms with Crippen molar-refractivity contribution in [2.24, 2.45) is 5.73 Å². The second-order valence-electron chi connectivity index (χ2n) is 5.65. The molecule has 2 rings (SSSR count). The van der Waals surface area contributed by atoms with Gasteiger partial charge in [0, 0.05) is 15.6 Å². The first-order valence-electron chi connectivity index (χ1n) is 7.03. The molecule has 0 aliphatic heterocycles. The van der Waals surface area contributed by atoms with E-state index in [1.807, 2.05) is 18.2 Å². The van der Waals surface area contributed by atoms with Gasteiger partial charge < -0.3 is 5.73 Å². The van der Waals surface area contributed by atoms with Crippen LogP contribution >= 0.6 is 23.2 Å². The molecule has 3 heteroatoms. The van der Waals surface area contributed by atoms with Crippen molar-refractivity contribution in [1.29, 1.82) is 0 Å². The Hall–Kier alpha value is -1.02. The Morgan fingerprint density at radius 1 is 0.714 bits per heavy atom. The van der Waals surface area contributed by atoms with E-state index in [0.29, 0.717) is 10.0 Å². The minimum absolute atomic E-state index is 0.316. The molecule has 21 heavy (non-hydrogen) atoms. The van der Waals surface area contributed by atoms with Gasteiger partial charge in [-0.3, -0.25) is 0 Å². The average molecular weight is 322 g/mol. The molecule has 0 bridgehead atoms. The fourth-order valence-corrected chi connectivity index (χ4v) is 3.58. The third kappa shape index (κ3) is 2.70. The van der Waals surface area contributed by atoms with Crippen LogP contribution in [0.2, 0.25) is 10.0 Å². The van der Waals surface area contributed by atoms with Gasteiger partial charge in [-0.15, -0.1) is 0 Å². The lowest BCUT2D eigenvalue weighted by molar-refractivity contribution is 0.843. The lowest BCUT2D eigenvalue weighted by Gasteiger charge is -2.24. The topological polar surface area (TPSA) is 26.0 Å². The summed E-state index contributed by atoms with van der Waals surface area (Å²) in [7, 11) is 0. The molecular weight excluding hydrogens is 301 g/mol. The Kier molecular flexibility index (Phi) is 4.67. The molecule has 0 amide bonds. The van der Waals surface area contributed by atoms with Crippen molar-refractivity contribution in [3.63, 3.8) is 0 Å². The lowest BCUT2D eigenvalue weighted by atomic mass is 9.84. The van der Waals surface area contributed by atoms with Crippen LogP contribution in [0.5, 0.6) is 0 Å². The van der Waals surface area contributed by atoms with Crippen molar-refractivity contribution in [2.45, 2.75) is 40.7 Å². The molecule has 0 aromatic heterocycles. The highest BCUT2D eigenvalue weighted by molar-refractivity contribution is 6.36. The number of rotatable bonds is 2. The van der Waals surface area contributed by atoms with E-state index in [2.05, 4.69) is 34.6 Å². The van der Waals surface area contributed by atoms with Crippen LogP contribution < -0.4 is 5.73 Å². The fraction of sp³-hybridized carbons (Fsp3) is 0.333. The predicted molar refractivity (Wildman–Crippen MR) is 92.6 cm³/mol. The van der Waals surface area contributed by atoms with Gasteiger partial charge in [0.2, 0.25) is 0 Å². The molecule has 1 unspecified atom stereocenters. The van der Waals surface area contributed by atoms with E-state index in [4.69, 9.17) is 28.9 Å². The molecule has 0 spiro atoms. The summed E-state index contributed by atoms with van der Waals surface area (Å²) in [6.45, 7) is 10.7. The molecule has 1 atom stereocenters. The Morgan fingerprint density at radius 3 is 1.52 bits per heavy atom. The number of nitrogens with two attached hydrogens (primary N) is 1. The van der Waals surface area contributed by atoms with Gasteiger partial charge in [-0.1, -0.05) is 29.3 Å². The zero-order valence-corrected chi connectivity index (χ0v) is 14.7. The summed E-state index contributed by atoms with van der Waals surface area (Å²) in [5.74, 6) is 0. The number of halogens is 2. The molecule has 0 saturated heterocycles. The van der Waals surface area contributed by atoms with E-state index in [1.54, 1.807) is 0 Å². The van der Waals surface area contributed by atoms with Crippen LogP contribution in [0, 0.1) is 34.6 Å². The van der Waals surface area contributed by atoms with E-state index in [-0.39, 0.29) is 6.04 Å². The minimum atomic E-state index is -0.316. The average Bonchev–Trinajstić information content (AvgIpc) is 2.43. The molecule has 0 fully saturated rings. The zero-order valence-electron chi connectivity index (χ0n) is 13.1. The van der Waals surface area contributed by atoms with Gasteiger partial charge in [0.15, 0.2) is 0 Å². The summed E-state index contributed by atoms with van der Waals surface area (Å²) < 4.78 is 0. The highest BCUT2D eigenvalue weighted by atomic mass is 35.5. The number of hydrogen-bond acceptors (Lipinski definition) is 1. The molecule has 0 radical (unpaired) electrons. The van der Waals surface area contributed by atoms with E-state index >= 15 is 0 Å². The first kappa shape index (κ1) is 16.4. The molecule has 112 valence electrons. The molecule has 0 heterocycles. The van der Waals surface area contributed by atoms with Gasteiger partial charge in [-0.2, -0.15) is 0 Å². The normalized spacial score (nSPS) is 12.6. The molecule has 1 nitrogen and oxygen atoms in total. The second kappa shape index (κ2) is 6.00. The summed E-state index contributed by atoms with van der Waals surface area (Å²) in [5.41, 5.74) is 14.8. The zero-order chi connectivity index (χ0) is 15.9. The lowest BCUT2D eigenvalue weighted by Crippen LogP contribution is -2.18. The predicted octanol–water partition coefficient (Wildman–Crippen LogP) is 5.58. The molecule has 0 aliphatic carbocycles. The first-order chi connectivity index (χ1) is 9.77. The van der Waals surface area contributed by atoms with Gasteiger partial charge in [0.1, 0.15) is 0 Å². The van der Waals surface area contributed by atoms with Crippen molar-refractivity contribution in [1.82, 2.24) is 0 Å². The van der Waals surface area contributed by atoms with Crippen LogP contribution in [0.3, 0.4) is 0 Å². The maximum absolute atomic E-state index is 6.54. The van der Waals surface area contributed by atoms with E-state index < -0.39 is 0 Å². The van der Waals surface area contributed by atoms with E-state index in [0.717, 1.165) is 11.1 Å². The SMILES string of the molecule is Cc1c(C)c(C)c(C(N)c2c(Cl)cccc2Cl)c(C)c1C. The fourth-order valence-electron chi connectivity index (χ4n) is 2.95. The molecule has 2 aromatic carbocycles. The third-order valence-corrected chi connectivity index (χ3v) is 5.34. The molecule has 2 aromatic rings. The van der Waals surface area contributed by atoms with Crippen molar-refractivity contribution in [2.75, 3.05) is 0 Å². The Labute approximate surface area is 137 Å². The van der Waals surface area contributed by atoms with Crippen molar-refractivity contribution in [3.8, 4) is 0 Å². The highest BCUT2D eigenvalue weighted by Gasteiger charge is 2.22. The van der Waals surface area contributed by atoms with Crippen LogP contribution in [-0.2, 0) is 0 Å². The van der Waals surface area contributed by atoms with Crippen molar-refractivity contribution in [3.05, 3.63) is 67.2 Å². The summed E-state index contributed by atoms with van der Waals surface area (Å²) in [6.07, 6.45) is 0. The molecule has 2 N–H and O–H groups in total. The number of hydrogen-bond donors (Lipinski definition) is 1. The monoisotopic (exact) mass is 321 g/mol. The summed E-state index contributed by atoms with van der Waals surface area (Å²) in [5, 5.41) is 1.23. The van der Waals surface area contributed by atoms with Crippen LogP contribution in [-0.4, -0.2) is 0 Å². The highest BCUT2D eigenvalue weighted by Crippen LogP contribution is 2.37. The van der Waals surface area contributed by atoms with Gasteiger partial charge in [-0.05, 0) is 80.1 Å². The smallest absolute Gasteiger partial charge is 0.0586 e. The van der Waals surface area contributed by atoms with Crippen LogP contribution in [0.4, 0.5) is 0 Å². The summed E-state index contributed by atoms with van der Waals surface area (Å²) >= 11 is 12.7. The molecule has 0 aliphatic rings. The maximum Gasteiger partial charge on any atom is 0.0586 e. The van der Waals surface area contributed by atoms with E-state index in [1.165, 1.54) is 27.8 Å². The van der Waals surface area contributed by atoms with Crippen LogP contribution in [0.15, 0.2) is 18.2 Å². The van der Waals surface area contributed by atoms with Crippen LogP contribution in [0.1, 0.15) is 45.0 Å². The van der Waals surface area contributed by atoms with Crippen LogP contribution in [0.25, 0.3) is 0 Å². The summed E-state index contributed by atoms with van der Waals surface area (Å²) in [6, 6.07) is 5.19. The largest absolute Gasteiger partial charge is 0.320 e. The van der Waals surface area contributed by atoms with Gasteiger partial charge in [-0.25, -0.2) is 0 Å². The standard InChI is InChI=1S/C18H21Cl2N/c1-9-10(2)12(4)16(13(5)11(9)3)18(21)17-14(19)7-6-8-15(17)20/h6-8,18H,21H2,1-5H3. The third-order valence-electron chi connectivity index (χ3n) is 4.68. The van der Waals surface area contributed by atoms with Crippen molar-refractivity contribution >= 4 is 23.2 Å². The summed E-state index contributed by atoms with van der Waals surface area (Å²) in [4.78, 5) is 0. The second-order valence-corrected chi connectivity index (χ2v) is 6.47. The van der Waals surface area contributed by atoms with Crippen molar-refractivity contribution < 1.29 is 0 Å². The van der Waals surface area contributed by atoms with E-state index in [9.17, 15) is 0 Å². The molecular formula is C18H21Cl2N. The quantitative estimate of drug-likeness (QED) is 0.767. The van der Waals surface area contributed by atoms with Gasteiger partial charge in [0.05, 0.1) is 6.04 Å². The Balaban J connectivity index is 2.73. The van der Waals surface area contributed by atoms with Gasteiger partial charge >= 0.3 is 0 Å². The maximum atomic E-state index is 6.54. The first-order valence-corrected chi connectivity index (χ1v) is 7.79. The molecule has 0 saturated carbocycles. The minimum Gasteiger partial charge on any atom is -0.320 e.